The molecule has 106 valence electrons. The first-order chi connectivity index (χ1) is 10.1. The van der Waals surface area contributed by atoms with Crippen molar-refractivity contribution in [1.29, 1.82) is 0 Å². The molecule has 2 aromatic carbocycles. The fourth-order valence-electron chi connectivity index (χ4n) is 2.31. The lowest BCUT2D eigenvalue weighted by Gasteiger charge is -2.00. The van der Waals surface area contributed by atoms with Crippen molar-refractivity contribution in [2.24, 2.45) is 0 Å². The largest absolute Gasteiger partial charge is 0.417 e. The maximum atomic E-state index is 11.0. The number of fused-ring (bicyclic) bond motifs is 1. The van der Waals surface area contributed by atoms with E-state index >= 15 is 0 Å². The fraction of sp³-hybridized carbons (Fsp3) is 0.0667. The number of rotatable bonds is 3. The van der Waals surface area contributed by atoms with Gasteiger partial charge in [-0.3, -0.25) is 10.1 Å². The summed E-state index contributed by atoms with van der Waals surface area (Å²) < 4.78 is 2.59. The highest BCUT2D eigenvalue weighted by Gasteiger charge is 2.15. The van der Waals surface area contributed by atoms with Crippen LogP contribution in [0.4, 0.5) is 5.69 Å². The van der Waals surface area contributed by atoms with Crippen LogP contribution in [0, 0.1) is 10.1 Å². The van der Waals surface area contributed by atoms with Gasteiger partial charge in [0.25, 0.3) is 5.69 Å². The minimum atomic E-state index is -0.394. The molecule has 0 radical (unpaired) electrons. The zero-order valence-corrected chi connectivity index (χ0v) is 12.7. The van der Waals surface area contributed by atoms with Gasteiger partial charge in [0, 0.05) is 27.6 Å². The number of hydrogen-bond donors (Lipinski definition) is 0. The van der Waals surface area contributed by atoms with Gasteiger partial charge < -0.3 is 4.84 Å². The zero-order valence-electron chi connectivity index (χ0n) is 11.1. The van der Waals surface area contributed by atoms with E-state index in [2.05, 4.69) is 15.9 Å². The molecule has 3 aromatic rings. The average Bonchev–Trinajstić information content (AvgIpc) is 2.86. The van der Waals surface area contributed by atoms with Gasteiger partial charge in [0.15, 0.2) is 0 Å². The predicted octanol–water partition coefficient (Wildman–Crippen LogP) is 4.04. The smallest absolute Gasteiger partial charge is 0.270 e. The Kier molecular flexibility index (Phi) is 3.39. The van der Waals surface area contributed by atoms with E-state index in [4.69, 9.17) is 4.84 Å². The van der Waals surface area contributed by atoms with Crippen LogP contribution in [0.2, 0.25) is 0 Å². The number of hydrogen-bond acceptors (Lipinski definition) is 3. The van der Waals surface area contributed by atoms with Crippen molar-refractivity contribution in [3.63, 3.8) is 0 Å². The van der Waals surface area contributed by atoms with Gasteiger partial charge in [-0.1, -0.05) is 28.1 Å². The molecule has 6 heteroatoms. The minimum absolute atomic E-state index is 0.0646. The highest BCUT2D eigenvalue weighted by atomic mass is 79.9. The standard InChI is InChI=1S/C15H11BrN2O3/c1-21-17-9-14(10-2-4-11(16)5-3-10)13-8-12(18(19)20)6-7-15(13)17/h2-9H,1H3. The molecule has 3 rings (SSSR count). The van der Waals surface area contributed by atoms with Gasteiger partial charge in [-0.15, -0.1) is 0 Å². The predicted molar refractivity (Wildman–Crippen MR) is 84.2 cm³/mol. The number of nitro groups is 1. The average molecular weight is 347 g/mol. The van der Waals surface area contributed by atoms with E-state index < -0.39 is 4.92 Å². The van der Waals surface area contributed by atoms with Crippen LogP contribution in [0.1, 0.15) is 0 Å². The maximum absolute atomic E-state index is 11.0. The third kappa shape index (κ3) is 2.38. The Bertz CT molecular complexity index is 825. The first-order valence-corrected chi connectivity index (χ1v) is 6.99. The van der Waals surface area contributed by atoms with Crippen molar-refractivity contribution >= 4 is 32.5 Å². The summed E-state index contributed by atoms with van der Waals surface area (Å²) in [4.78, 5) is 15.9. The van der Waals surface area contributed by atoms with Crippen LogP contribution in [0.25, 0.3) is 22.0 Å². The third-order valence-corrected chi connectivity index (χ3v) is 3.85. The van der Waals surface area contributed by atoms with Gasteiger partial charge in [-0.2, -0.15) is 4.73 Å². The lowest BCUT2D eigenvalue weighted by atomic mass is 10.0. The van der Waals surface area contributed by atoms with Gasteiger partial charge in [-0.25, -0.2) is 0 Å². The van der Waals surface area contributed by atoms with E-state index in [1.165, 1.54) is 6.07 Å². The van der Waals surface area contributed by atoms with Crippen molar-refractivity contribution in [2.75, 3.05) is 7.11 Å². The quantitative estimate of drug-likeness (QED) is 0.531. The number of aromatic nitrogens is 1. The normalized spacial score (nSPS) is 10.8. The van der Waals surface area contributed by atoms with Crippen LogP contribution in [-0.2, 0) is 0 Å². The number of non-ortho nitro benzene ring substituents is 1. The van der Waals surface area contributed by atoms with Crippen LogP contribution in [-0.4, -0.2) is 16.8 Å². The van der Waals surface area contributed by atoms with Crippen molar-refractivity contribution in [2.45, 2.75) is 0 Å². The molecule has 21 heavy (non-hydrogen) atoms. The van der Waals surface area contributed by atoms with Crippen LogP contribution in [0.5, 0.6) is 0 Å². The molecule has 0 fully saturated rings. The molecule has 5 nitrogen and oxygen atoms in total. The van der Waals surface area contributed by atoms with Gasteiger partial charge >= 0.3 is 0 Å². The Morgan fingerprint density at radius 2 is 1.90 bits per heavy atom. The van der Waals surface area contributed by atoms with E-state index in [-0.39, 0.29) is 5.69 Å². The topological polar surface area (TPSA) is 57.3 Å². The van der Waals surface area contributed by atoms with Gasteiger partial charge in [-0.05, 0) is 23.8 Å². The monoisotopic (exact) mass is 346 g/mol. The Morgan fingerprint density at radius 1 is 1.19 bits per heavy atom. The molecule has 0 N–H and O–H groups in total. The Morgan fingerprint density at radius 3 is 2.52 bits per heavy atom. The zero-order chi connectivity index (χ0) is 15.0. The second kappa shape index (κ2) is 5.21. The molecule has 0 aliphatic rings. The molecule has 0 aliphatic carbocycles. The van der Waals surface area contributed by atoms with Crippen LogP contribution >= 0.6 is 15.9 Å². The van der Waals surface area contributed by atoms with Crippen LogP contribution < -0.4 is 4.84 Å². The Balaban J connectivity index is 2.27. The number of benzene rings is 2. The molecule has 0 saturated carbocycles. The minimum Gasteiger partial charge on any atom is -0.417 e. The highest BCUT2D eigenvalue weighted by molar-refractivity contribution is 9.10. The summed E-state index contributed by atoms with van der Waals surface area (Å²) in [6.07, 6.45) is 1.83. The lowest BCUT2D eigenvalue weighted by Crippen LogP contribution is -2.02. The third-order valence-electron chi connectivity index (χ3n) is 3.32. The van der Waals surface area contributed by atoms with E-state index in [0.717, 1.165) is 26.5 Å². The Hall–Kier alpha value is -2.34. The summed E-state index contributed by atoms with van der Waals surface area (Å²) >= 11 is 3.40. The second-order valence-electron chi connectivity index (χ2n) is 4.52. The fourth-order valence-corrected chi connectivity index (χ4v) is 2.58. The number of nitrogens with zero attached hydrogens (tertiary/aromatic N) is 2. The van der Waals surface area contributed by atoms with E-state index in [1.54, 1.807) is 24.0 Å². The molecular weight excluding hydrogens is 336 g/mol. The lowest BCUT2D eigenvalue weighted by molar-refractivity contribution is -0.384. The maximum Gasteiger partial charge on any atom is 0.270 e. The first kappa shape index (κ1) is 13.6. The van der Waals surface area contributed by atoms with Gasteiger partial charge in [0.05, 0.1) is 16.6 Å². The number of nitro benzene ring substituents is 1. The summed E-state index contributed by atoms with van der Waals surface area (Å²) in [5.74, 6) is 0. The summed E-state index contributed by atoms with van der Waals surface area (Å²) in [5, 5.41) is 11.8. The highest BCUT2D eigenvalue weighted by Crippen LogP contribution is 2.33. The second-order valence-corrected chi connectivity index (χ2v) is 5.43. The molecule has 0 aliphatic heterocycles. The van der Waals surface area contributed by atoms with Crippen molar-refractivity contribution in [3.8, 4) is 11.1 Å². The van der Waals surface area contributed by atoms with Gasteiger partial charge in [0.1, 0.15) is 7.11 Å². The van der Waals surface area contributed by atoms with E-state index in [1.807, 2.05) is 30.5 Å². The van der Waals surface area contributed by atoms with Crippen molar-refractivity contribution < 1.29 is 9.76 Å². The first-order valence-electron chi connectivity index (χ1n) is 6.20. The summed E-state index contributed by atoms with van der Waals surface area (Å²) in [7, 11) is 1.56. The van der Waals surface area contributed by atoms with Crippen LogP contribution in [0.15, 0.2) is 53.1 Å². The summed E-state index contributed by atoms with van der Waals surface area (Å²) in [6.45, 7) is 0. The Labute approximate surface area is 129 Å². The molecular formula is C15H11BrN2O3. The SMILES string of the molecule is COn1cc(-c2ccc(Br)cc2)c2cc([N+](=O)[O-])ccc21. The molecule has 1 aromatic heterocycles. The molecule has 0 amide bonds. The summed E-state index contributed by atoms with van der Waals surface area (Å²) in [5.41, 5.74) is 2.72. The number of halogens is 1. The molecule has 0 unspecified atom stereocenters. The van der Waals surface area contributed by atoms with E-state index in [0.29, 0.717) is 0 Å². The van der Waals surface area contributed by atoms with Crippen LogP contribution in [0.3, 0.4) is 0 Å². The molecule has 0 saturated heterocycles. The van der Waals surface area contributed by atoms with Crippen molar-refractivity contribution in [1.82, 2.24) is 4.73 Å². The van der Waals surface area contributed by atoms with E-state index in [9.17, 15) is 10.1 Å². The molecule has 0 spiro atoms. The van der Waals surface area contributed by atoms with Gasteiger partial charge in [0.2, 0.25) is 0 Å². The summed E-state index contributed by atoms with van der Waals surface area (Å²) in [6, 6.07) is 12.5. The van der Waals surface area contributed by atoms with Crippen molar-refractivity contribution in [3.05, 3.63) is 63.2 Å². The molecule has 1 heterocycles. The molecule has 0 atom stereocenters. The molecule has 0 bridgehead atoms.